The molecule has 0 saturated heterocycles. The molecule has 0 aliphatic heterocycles. The Balaban J connectivity index is 2.34. The molecular formula is C13H17N3S. The van der Waals surface area contributed by atoms with Gasteiger partial charge in [-0.15, -0.1) is 11.3 Å². The third kappa shape index (κ3) is 2.90. The Labute approximate surface area is 106 Å². The minimum Gasteiger partial charge on any atom is -0.326 e. The van der Waals surface area contributed by atoms with Gasteiger partial charge in [0.15, 0.2) is 0 Å². The third-order valence-electron chi connectivity index (χ3n) is 2.49. The summed E-state index contributed by atoms with van der Waals surface area (Å²) in [4.78, 5) is 9.92. The van der Waals surface area contributed by atoms with Crippen molar-refractivity contribution in [1.29, 1.82) is 0 Å². The largest absolute Gasteiger partial charge is 0.326 e. The summed E-state index contributed by atoms with van der Waals surface area (Å²) < 4.78 is 0. The fourth-order valence-corrected chi connectivity index (χ4v) is 2.68. The first-order valence-electron chi connectivity index (χ1n) is 5.79. The molecule has 0 saturated carbocycles. The monoisotopic (exact) mass is 247 g/mol. The normalized spacial score (nSPS) is 11.1. The first kappa shape index (κ1) is 12.2. The highest BCUT2D eigenvalue weighted by atomic mass is 32.1. The second-order valence-corrected chi connectivity index (χ2v) is 5.51. The van der Waals surface area contributed by atoms with Gasteiger partial charge in [-0.25, -0.2) is 4.98 Å². The van der Waals surface area contributed by atoms with Crippen molar-refractivity contribution in [3.63, 3.8) is 0 Å². The molecule has 0 spiro atoms. The fraction of sp³-hybridized carbons (Fsp3) is 0.385. The van der Waals surface area contributed by atoms with Crippen LogP contribution in [0, 0.1) is 5.92 Å². The number of hydrogen-bond donors (Lipinski definition) is 1. The lowest BCUT2D eigenvalue weighted by atomic mass is 10.1. The van der Waals surface area contributed by atoms with E-state index in [-0.39, 0.29) is 0 Å². The zero-order valence-electron chi connectivity index (χ0n) is 10.2. The van der Waals surface area contributed by atoms with Crippen molar-refractivity contribution in [2.24, 2.45) is 11.7 Å². The number of nitrogens with two attached hydrogens (primary N) is 1. The number of rotatable bonds is 4. The molecule has 0 radical (unpaired) electrons. The number of nitrogens with zero attached hydrogens (tertiary/aromatic N) is 2. The van der Waals surface area contributed by atoms with E-state index >= 15 is 0 Å². The van der Waals surface area contributed by atoms with E-state index in [1.54, 1.807) is 23.7 Å². The van der Waals surface area contributed by atoms with Crippen LogP contribution in [0.15, 0.2) is 24.5 Å². The highest BCUT2D eigenvalue weighted by molar-refractivity contribution is 7.15. The van der Waals surface area contributed by atoms with Crippen molar-refractivity contribution in [1.82, 2.24) is 9.97 Å². The number of aromatic nitrogens is 2. The van der Waals surface area contributed by atoms with Gasteiger partial charge >= 0.3 is 0 Å². The molecule has 0 atom stereocenters. The maximum absolute atomic E-state index is 5.78. The minimum absolute atomic E-state index is 0.574. The molecule has 0 aliphatic rings. The van der Waals surface area contributed by atoms with Crippen LogP contribution >= 0.6 is 11.3 Å². The van der Waals surface area contributed by atoms with Crippen molar-refractivity contribution >= 4 is 11.3 Å². The van der Waals surface area contributed by atoms with Crippen LogP contribution < -0.4 is 5.73 Å². The molecule has 0 unspecified atom stereocenters. The predicted molar refractivity (Wildman–Crippen MR) is 71.8 cm³/mol. The van der Waals surface area contributed by atoms with E-state index in [2.05, 4.69) is 18.8 Å². The highest BCUT2D eigenvalue weighted by Crippen LogP contribution is 2.28. The second-order valence-electron chi connectivity index (χ2n) is 4.43. The summed E-state index contributed by atoms with van der Waals surface area (Å²) in [6.45, 7) is 4.97. The van der Waals surface area contributed by atoms with Gasteiger partial charge in [-0.3, -0.25) is 4.98 Å². The summed E-state index contributed by atoms with van der Waals surface area (Å²) >= 11 is 1.69. The average Bonchev–Trinajstić information content (AvgIpc) is 2.72. The lowest BCUT2D eigenvalue weighted by molar-refractivity contribution is 0.634. The van der Waals surface area contributed by atoms with Crippen molar-refractivity contribution in [2.75, 3.05) is 0 Å². The summed E-state index contributed by atoms with van der Waals surface area (Å²) in [7, 11) is 0. The molecule has 0 aliphatic carbocycles. The Kier molecular flexibility index (Phi) is 3.86. The van der Waals surface area contributed by atoms with Crippen LogP contribution in [0.4, 0.5) is 0 Å². The second kappa shape index (κ2) is 5.38. The molecule has 2 aromatic rings. The van der Waals surface area contributed by atoms with Crippen LogP contribution in [0.3, 0.4) is 0 Å². The van der Waals surface area contributed by atoms with Crippen LogP contribution in [0.5, 0.6) is 0 Å². The number of pyridine rings is 1. The molecule has 0 fully saturated rings. The quantitative estimate of drug-likeness (QED) is 0.903. The molecule has 90 valence electrons. The zero-order valence-corrected chi connectivity index (χ0v) is 11.0. The average molecular weight is 247 g/mol. The van der Waals surface area contributed by atoms with Crippen molar-refractivity contribution < 1.29 is 0 Å². The Bertz CT molecular complexity index is 477. The zero-order chi connectivity index (χ0) is 12.3. The Hall–Kier alpha value is -1.26. The van der Waals surface area contributed by atoms with Gasteiger partial charge in [0.1, 0.15) is 5.01 Å². The van der Waals surface area contributed by atoms with Crippen molar-refractivity contribution in [3.8, 4) is 10.6 Å². The van der Waals surface area contributed by atoms with E-state index in [0.29, 0.717) is 12.5 Å². The van der Waals surface area contributed by atoms with Gasteiger partial charge in [-0.2, -0.15) is 0 Å². The van der Waals surface area contributed by atoms with E-state index in [0.717, 1.165) is 22.7 Å². The molecule has 2 N–H and O–H groups in total. The van der Waals surface area contributed by atoms with Gasteiger partial charge < -0.3 is 5.73 Å². The topological polar surface area (TPSA) is 51.8 Å². The van der Waals surface area contributed by atoms with E-state index in [1.165, 1.54) is 4.88 Å². The Morgan fingerprint density at radius 2 is 2.00 bits per heavy atom. The molecule has 0 bridgehead atoms. The van der Waals surface area contributed by atoms with Gasteiger partial charge in [0.05, 0.1) is 5.69 Å². The van der Waals surface area contributed by atoms with Crippen molar-refractivity contribution in [3.05, 3.63) is 35.1 Å². The Morgan fingerprint density at radius 3 is 2.59 bits per heavy atom. The van der Waals surface area contributed by atoms with Crippen LogP contribution in [-0.2, 0) is 13.0 Å². The fourth-order valence-electron chi connectivity index (χ4n) is 1.71. The van der Waals surface area contributed by atoms with E-state index < -0.39 is 0 Å². The smallest absolute Gasteiger partial charge is 0.124 e. The van der Waals surface area contributed by atoms with Crippen LogP contribution in [0.25, 0.3) is 10.6 Å². The summed E-state index contributed by atoms with van der Waals surface area (Å²) in [5.74, 6) is 0.604. The molecule has 4 heteroatoms. The van der Waals surface area contributed by atoms with E-state index in [4.69, 9.17) is 10.7 Å². The molecule has 3 nitrogen and oxygen atoms in total. The Morgan fingerprint density at radius 1 is 1.29 bits per heavy atom. The van der Waals surface area contributed by atoms with Gasteiger partial charge in [0.25, 0.3) is 0 Å². The van der Waals surface area contributed by atoms with Gasteiger partial charge in [-0.05, 0) is 24.5 Å². The SMILES string of the molecule is CC(C)Cc1nc(-c2ccncc2)sc1CN. The third-order valence-corrected chi connectivity index (χ3v) is 3.66. The summed E-state index contributed by atoms with van der Waals surface area (Å²) in [6, 6.07) is 3.97. The van der Waals surface area contributed by atoms with Crippen LogP contribution in [0.2, 0.25) is 0 Å². The van der Waals surface area contributed by atoms with Crippen LogP contribution in [0.1, 0.15) is 24.4 Å². The minimum atomic E-state index is 0.574. The first-order valence-corrected chi connectivity index (χ1v) is 6.61. The summed E-state index contributed by atoms with van der Waals surface area (Å²) in [6.07, 6.45) is 4.58. The predicted octanol–water partition coefficient (Wildman–Crippen LogP) is 2.86. The lowest BCUT2D eigenvalue weighted by Crippen LogP contribution is -2.01. The molecule has 2 aromatic heterocycles. The van der Waals surface area contributed by atoms with Gasteiger partial charge in [0, 0.05) is 29.4 Å². The molecule has 0 amide bonds. The highest BCUT2D eigenvalue weighted by Gasteiger charge is 2.12. The van der Waals surface area contributed by atoms with Gasteiger partial charge in [0.2, 0.25) is 0 Å². The molecular weight excluding hydrogens is 230 g/mol. The van der Waals surface area contributed by atoms with Gasteiger partial charge in [-0.1, -0.05) is 13.8 Å². The standard InChI is InChI=1S/C13H17N3S/c1-9(2)7-11-12(8-14)17-13(16-11)10-3-5-15-6-4-10/h3-6,9H,7-8,14H2,1-2H3. The van der Waals surface area contributed by atoms with Crippen LogP contribution in [-0.4, -0.2) is 9.97 Å². The molecule has 2 heterocycles. The maximum Gasteiger partial charge on any atom is 0.124 e. The molecule has 17 heavy (non-hydrogen) atoms. The molecule has 2 rings (SSSR count). The van der Waals surface area contributed by atoms with Crippen molar-refractivity contribution in [2.45, 2.75) is 26.8 Å². The number of thiazole rings is 1. The number of hydrogen-bond acceptors (Lipinski definition) is 4. The first-order chi connectivity index (χ1) is 8.20. The van der Waals surface area contributed by atoms with E-state index in [9.17, 15) is 0 Å². The lowest BCUT2D eigenvalue weighted by Gasteiger charge is -2.02. The summed E-state index contributed by atoms with van der Waals surface area (Å²) in [5.41, 5.74) is 8.05. The summed E-state index contributed by atoms with van der Waals surface area (Å²) in [5, 5.41) is 1.04. The molecule has 0 aromatic carbocycles. The maximum atomic E-state index is 5.78. The van der Waals surface area contributed by atoms with E-state index in [1.807, 2.05) is 12.1 Å².